The Balaban J connectivity index is 1.84. The van der Waals surface area contributed by atoms with E-state index in [9.17, 15) is 19.1 Å². The fourth-order valence-electron chi connectivity index (χ4n) is 3.08. The second kappa shape index (κ2) is 6.24. The normalized spacial score (nSPS) is 16.9. The number of halogens is 1. The third-order valence-electron chi connectivity index (χ3n) is 4.41. The third-order valence-corrected chi connectivity index (χ3v) is 4.41. The number of carbonyl (C=O) groups is 1. The molecule has 0 spiro atoms. The van der Waals surface area contributed by atoms with Crippen molar-refractivity contribution >= 4 is 22.6 Å². The SMILES string of the molecule is Nc1cc(F)cc2c(=O)cc(C(=O)NCC3(O)CCCCC3)oc12. The summed E-state index contributed by atoms with van der Waals surface area (Å²) in [6.07, 6.45) is 4.16. The lowest BCUT2D eigenvalue weighted by atomic mass is 9.85. The summed E-state index contributed by atoms with van der Waals surface area (Å²) in [5.74, 6) is -1.48. The van der Waals surface area contributed by atoms with Gasteiger partial charge >= 0.3 is 0 Å². The zero-order valence-corrected chi connectivity index (χ0v) is 13.1. The van der Waals surface area contributed by atoms with Crippen molar-refractivity contribution in [3.05, 3.63) is 40.0 Å². The van der Waals surface area contributed by atoms with Gasteiger partial charge in [-0.15, -0.1) is 0 Å². The molecule has 1 saturated carbocycles. The standard InChI is InChI=1S/C17H19FN2O4/c18-10-6-11-13(21)8-14(24-15(11)12(19)7-10)16(22)20-9-17(23)4-2-1-3-5-17/h6-8,23H,1-5,9,19H2,(H,20,22). The quantitative estimate of drug-likeness (QED) is 0.744. The minimum absolute atomic E-state index is 0.0186. The number of nitrogen functional groups attached to an aromatic ring is 1. The predicted octanol–water partition coefficient (Wildman–Crippen LogP) is 1.94. The van der Waals surface area contributed by atoms with Crippen LogP contribution in [0.5, 0.6) is 0 Å². The maximum Gasteiger partial charge on any atom is 0.287 e. The first-order chi connectivity index (χ1) is 11.4. The van der Waals surface area contributed by atoms with Crippen molar-refractivity contribution in [1.29, 1.82) is 0 Å². The van der Waals surface area contributed by atoms with Gasteiger partial charge < -0.3 is 20.6 Å². The van der Waals surface area contributed by atoms with Crippen LogP contribution < -0.4 is 16.5 Å². The number of carbonyl (C=O) groups excluding carboxylic acids is 1. The molecule has 0 bridgehead atoms. The molecule has 2 aromatic rings. The first-order valence-corrected chi connectivity index (χ1v) is 7.91. The van der Waals surface area contributed by atoms with Crippen molar-refractivity contribution in [2.45, 2.75) is 37.7 Å². The third kappa shape index (κ3) is 3.26. The summed E-state index contributed by atoms with van der Waals surface area (Å²) in [5.41, 5.74) is 4.11. The van der Waals surface area contributed by atoms with E-state index in [0.29, 0.717) is 12.8 Å². The number of benzene rings is 1. The summed E-state index contributed by atoms with van der Waals surface area (Å²) in [4.78, 5) is 24.3. The molecule has 1 aliphatic rings. The summed E-state index contributed by atoms with van der Waals surface area (Å²) in [6, 6.07) is 3.04. The van der Waals surface area contributed by atoms with Crippen LogP contribution in [-0.4, -0.2) is 23.2 Å². The molecule has 1 aromatic heterocycles. The molecule has 0 atom stereocenters. The summed E-state index contributed by atoms with van der Waals surface area (Å²) in [5, 5.41) is 13.0. The number of nitrogens with two attached hydrogens (primary N) is 1. The summed E-state index contributed by atoms with van der Waals surface area (Å²) in [7, 11) is 0. The van der Waals surface area contributed by atoms with Gasteiger partial charge in [0.25, 0.3) is 5.91 Å². The van der Waals surface area contributed by atoms with E-state index in [2.05, 4.69) is 5.32 Å². The van der Waals surface area contributed by atoms with Gasteiger partial charge in [-0.2, -0.15) is 0 Å². The van der Waals surface area contributed by atoms with E-state index < -0.39 is 22.8 Å². The Labute approximate surface area is 137 Å². The van der Waals surface area contributed by atoms with Crippen LogP contribution >= 0.6 is 0 Å². The van der Waals surface area contributed by atoms with Gasteiger partial charge in [-0.1, -0.05) is 19.3 Å². The fraction of sp³-hybridized carbons (Fsp3) is 0.412. The molecular weight excluding hydrogens is 315 g/mol. The lowest BCUT2D eigenvalue weighted by molar-refractivity contribution is 0.00503. The van der Waals surface area contributed by atoms with Crippen LogP contribution in [0.25, 0.3) is 11.0 Å². The number of nitrogens with one attached hydrogen (secondary N) is 1. The van der Waals surface area contributed by atoms with E-state index in [4.69, 9.17) is 10.2 Å². The number of rotatable bonds is 3. The molecule has 6 nitrogen and oxygen atoms in total. The van der Waals surface area contributed by atoms with Crippen LogP contribution in [0.1, 0.15) is 42.7 Å². The number of hydrogen-bond acceptors (Lipinski definition) is 5. The second-order valence-corrected chi connectivity index (χ2v) is 6.31. The van der Waals surface area contributed by atoms with Crippen molar-refractivity contribution < 1.29 is 18.7 Å². The maximum absolute atomic E-state index is 13.3. The predicted molar refractivity (Wildman–Crippen MR) is 87.2 cm³/mol. The molecule has 1 aliphatic carbocycles. The Kier molecular flexibility index (Phi) is 4.28. The molecule has 0 aliphatic heterocycles. The highest BCUT2D eigenvalue weighted by molar-refractivity contribution is 5.95. The van der Waals surface area contributed by atoms with Gasteiger partial charge in [0, 0.05) is 18.7 Å². The monoisotopic (exact) mass is 334 g/mol. The number of aliphatic hydroxyl groups is 1. The number of anilines is 1. The molecule has 1 aromatic carbocycles. The van der Waals surface area contributed by atoms with Gasteiger partial charge in [0.05, 0.1) is 16.7 Å². The molecule has 1 heterocycles. The molecule has 0 unspecified atom stereocenters. The highest BCUT2D eigenvalue weighted by atomic mass is 19.1. The molecule has 24 heavy (non-hydrogen) atoms. The molecule has 3 rings (SSSR count). The zero-order valence-electron chi connectivity index (χ0n) is 13.1. The molecule has 7 heteroatoms. The van der Waals surface area contributed by atoms with Crippen molar-refractivity contribution in [1.82, 2.24) is 5.32 Å². The number of amides is 1. The van der Waals surface area contributed by atoms with Crippen LogP contribution in [0.15, 0.2) is 27.4 Å². The highest BCUT2D eigenvalue weighted by Crippen LogP contribution is 2.27. The molecule has 0 radical (unpaired) electrons. The average molecular weight is 334 g/mol. The highest BCUT2D eigenvalue weighted by Gasteiger charge is 2.30. The number of fused-ring (bicyclic) bond motifs is 1. The van der Waals surface area contributed by atoms with E-state index in [0.717, 1.165) is 37.5 Å². The van der Waals surface area contributed by atoms with Gasteiger partial charge in [-0.25, -0.2) is 4.39 Å². The first kappa shape index (κ1) is 16.4. The smallest absolute Gasteiger partial charge is 0.287 e. The molecule has 128 valence electrons. The molecular formula is C17H19FN2O4. The number of hydrogen-bond donors (Lipinski definition) is 3. The summed E-state index contributed by atoms with van der Waals surface area (Å²) in [6.45, 7) is 0.0898. The largest absolute Gasteiger partial charge is 0.448 e. The van der Waals surface area contributed by atoms with Gasteiger partial charge in [-0.05, 0) is 18.9 Å². The van der Waals surface area contributed by atoms with Gasteiger partial charge in [0.2, 0.25) is 0 Å². The van der Waals surface area contributed by atoms with Gasteiger partial charge in [0.15, 0.2) is 16.8 Å². The summed E-state index contributed by atoms with van der Waals surface area (Å²) < 4.78 is 18.7. The van der Waals surface area contributed by atoms with Crippen LogP contribution in [0.2, 0.25) is 0 Å². The fourth-order valence-corrected chi connectivity index (χ4v) is 3.08. The van der Waals surface area contributed by atoms with E-state index in [1.165, 1.54) is 0 Å². The molecule has 4 N–H and O–H groups in total. The van der Waals surface area contributed by atoms with Crippen LogP contribution in [0.4, 0.5) is 10.1 Å². The Morgan fingerprint density at radius 2 is 2.00 bits per heavy atom. The van der Waals surface area contributed by atoms with Gasteiger partial charge in [0.1, 0.15) is 5.82 Å². The van der Waals surface area contributed by atoms with Crippen molar-refractivity contribution in [2.24, 2.45) is 0 Å². The van der Waals surface area contributed by atoms with Gasteiger partial charge in [-0.3, -0.25) is 9.59 Å². The lowest BCUT2D eigenvalue weighted by Gasteiger charge is -2.31. The van der Waals surface area contributed by atoms with Crippen LogP contribution in [-0.2, 0) is 0 Å². The minimum atomic E-state index is -0.923. The Morgan fingerprint density at radius 3 is 2.71 bits per heavy atom. The van der Waals surface area contributed by atoms with Crippen molar-refractivity contribution in [2.75, 3.05) is 12.3 Å². The topological polar surface area (TPSA) is 106 Å². The first-order valence-electron chi connectivity index (χ1n) is 7.91. The van der Waals surface area contributed by atoms with E-state index >= 15 is 0 Å². The second-order valence-electron chi connectivity index (χ2n) is 6.31. The maximum atomic E-state index is 13.3. The van der Waals surface area contributed by atoms with Crippen molar-refractivity contribution in [3.63, 3.8) is 0 Å². The lowest BCUT2D eigenvalue weighted by Crippen LogP contribution is -2.44. The average Bonchev–Trinajstić information content (AvgIpc) is 2.54. The van der Waals surface area contributed by atoms with Crippen LogP contribution in [0.3, 0.4) is 0 Å². The molecule has 1 fully saturated rings. The molecule has 0 saturated heterocycles. The van der Waals surface area contributed by atoms with Crippen LogP contribution in [0, 0.1) is 5.82 Å². The van der Waals surface area contributed by atoms with E-state index in [-0.39, 0.29) is 29.0 Å². The zero-order chi connectivity index (χ0) is 17.3. The van der Waals surface area contributed by atoms with Crippen molar-refractivity contribution in [3.8, 4) is 0 Å². The summed E-state index contributed by atoms with van der Waals surface area (Å²) >= 11 is 0. The van der Waals surface area contributed by atoms with E-state index in [1.54, 1.807) is 0 Å². The Bertz CT molecular complexity index is 840. The van der Waals surface area contributed by atoms with E-state index in [1.807, 2.05) is 0 Å². The molecule has 1 amide bonds. The minimum Gasteiger partial charge on any atom is -0.448 e. The Morgan fingerprint density at radius 1 is 1.29 bits per heavy atom. The Hall–Kier alpha value is -2.41.